The minimum absolute atomic E-state index is 0.392. The molecule has 0 saturated heterocycles. The maximum absolute atomic E-state index is 5.61. The lowest BCUT2D eigenvalue weighted by Gasteiger charge is -2.30. The third-order valence-corrected chi connectivity index (χ3v) is 14.9. The minimum Gasteiger partial charge on any atom is -0.311 e. The van der Waals surface area contributed by atoms with E-state index in [1.54, 1.807) is 0 Å². The van der Waals surface area contributed by atoms with Crippen LogP contribution >= 0.6 is 0 Å². The van der Waals surface area contributed by atoms with Gasteiger partial charge in [0.05, 0.1) is 27.8 Å². The van der Waals surface area contributed by atoms with Crippen molar-refractivity contribution in [3.8, 4) is 55.9 Å². The normalized spacial score (nSPS) is 12.5. The van der Waals surface area contributed by atoms with Crippen LogP contribution in [-0.2, 0) is 5.41 Å². The highest BCUT2D eigenvalue weighted by Crippen LogP contribution is 2.63. The van der Waals surface area contributed by atoms with Crippen molar-refractivity contribution in [1.29, 1.82) is 0 Å². The fourth-order valence-electron chi connectivity index (χ4n) is 11.7. The quantitative estimate of drug-likeness (QED) is 0.144. The van der Waals surface area contributed by atoms with E-state index in [2.05, 4.69) is 289 Å². The lowest BCUT2D eigenvalue weighted by atomic mass is 9.70. The molecule has 0 aliphatic heterocycles. The van der Waals surface area contributed by atoms with Gasteiger partial charge in [0.25, 0.3) is 0 Å². The van der Waals surface area contributed by atoms with Crippen molar-refractivity contribution in [2.45, 2.75) is 5.41 Å². The zero-order valence-electron chi connectivity index (χ0n) is 39.8. The highest BCUT2D eigenvalue weighted by Gasteiger charge is 2.51. The molecular weight excluding hydrogens is 885 g/mol. The smallest absolute Gasteiger partial charge is 0.0973 e. The molecule has 0 atom stereocenters. The number of nitrogens with zero attached hydrogens (tertiary/aromatic N) is 4. The summed E-state index contributed by atoms with van der Waals surface area (Å²) in [6.45, 7) is 0. The van der Waals surface area contributed by atoms with Crippen LogP contribution in [0.3, 0.4) is 0 Å². The van der Waals surface area contributed by atoms with Crippen LogP contribution in [0.5, 0.6) is 0 Å². The van der Waals surface area contributed by atoms with Crippen molar-refractivity contribution < 1.29 is 0 Å². The monoisotopic (exact) mass is 930 g/mol. The van der Waals surface area contributed by atoms with E-state index in [1.807, 2.05) is 0 Å². The zero-order valence-corrected chi connectivity index (χ0v) is 39.8. The Kier molecular flexibility index (Phi) is 10.0. The lowest BCUT2D eigenvalue weighted by molar-refractivity contribution is 0.794. The van der Waals surface area contributed by atoms with E-state index in [0.717, 1.165) is 78.8 Å². The first-order chi connectivity index (χ1) is 36.2. The van der Waals surface area contributed by atoms with Crippen LogP contribution in [0.1, 0.15) is 22.3 Å². The van der Waals surface area contributed by atoms with Crippen LogP contribution in [0.2, 0.25) is 0 Å². The molecule has 2 aliphatic carbocycles. The van der Waals surface area contributed by atoms with E-state index in [0.29, 0.717) is 0 Å². The van der Waals surface area contributed by atoms with Crippen molar-refractivity contribution in [3.05, 3.63) is 301 Å². The summed E-state index contributed by atoms with van der Waals surface area (Å²) in [6.07, 6.45) is 0. The van der Waals surface area contributed by atoms with Crippen LogP contribution in [0.15, 0.2) is 279 Å². The zero-order chi connectivity index (χ0) is 48.3. The van der Waals surface area contributed by atoms with Gasteiger partial charge in [-0.1, -0.05) is 194 Å². The van der Waals surface area contributed by atoms with E-state index in [-0.39, 0.29) is 0 Å². The van der Waals surface area contributed by atoms with E-state index in [4.69, 9.17) is 9.97 Å². The predicted molar refractivity (Wildman–Crippen MR) is 302 cm³/mol. The van der Waals surface area contributed by atoms with Gasteiger partial charge in [0.2, 0.25) is 0 Å². The van der Waals surface area contributed by atoms with Gasteiger partial charge in [-0.15, -0.1) is 0 Å². The Hall–Kier alpha value is -9.64. The summed E-state index contributed by atoms with van der Waals surface area (Å²) in [4.78, 5) is 15.7. The number of anilines is 6. The summed E-state index contributed by atoms with van der Waals surface area (Å²) in [5.41, 5.74) is 24.1. The SMILES string of the molecule is c1ccc(-c2nc3c(-c4ccc5c(c4)-c4ccccc4C54c5ccccc5-c5ccccc54)cccc3nc2-c2ccc(N(c3ccccc3)c3ccc(N(c4ccccc4)c4ccccc4)cc3)cc2)cc1. The topological polar surface area (TPSA) is 32.3 Å². The Bertz CT molecular complexity index is 3920. The average Bonchev–Trinajstić information content (AvgIpc) is 3.94. The third kappa shape index (κ3) is 6.83. The fraction of sp³-hybridized carbons (Fsp3) is 0.0145. The van der Waals surface area contributed by atoms with E-state index in [9.17, 15) is 0 Å². The summed E-state index contributed by atoms with van der Waals surface area (Å²) in [7, 11) is 0. The summed E-state index contributed by atoms with van der Waals surface area (Å²) >= 11 is 0. The van der Waals surface area contributed by atoms with E-state index in [1.165, 1.54) is 44.5 Å². The molecule has 0 unspecified atom stereocenters. The number of hydrogen-bond donors (Lipinski definition) is 0. The van der Waals surface area contributed by atoms with Gasteiger partial charge in [-0.2, -0.15) is 0 Å². The summed E-state index contributed by atoms with van der Waals surface area (Å²) in [5.74, 6) is 0. The molecule has 4 heteroatoms. The molecule has 11 aromatic carbocycles. The van der Waals surface area contributed by atoms with Crippen LogP contribution in [0.4, 0.5) is 34.1 Å². The second kappa shape index (κ2) is 17.3. The molecule has 0 bridgehead atoms. The highest BCUT2D eigenvalue weighted by molar-refractivity contribution is 6.00. The van der Waals surface area contributed by atoms with Gasteiger partial charge in [0.1, 0.15) is 0 Å². The van der Waals surface area contributed by atoms with Crippen molar-refractivity contribution in [3.63, 3.8) is 0 Å². The molecule has 73 heavy (non-hydrogen) atoms. The van der Waals surface area contributed by atoms with Gasteiger partial charge in [-0.3, -0.25) is 0 Å². The van der Waals surface area contributed by atoms with E-state index >= 15 is 0 Å². The Balaban J connectivity index is 0.861. The first-order valence-electron chi connectivity index (χ1n) is 25.0. The number of aromatic nitrogens is 2. The maximum Gasteiger partial charge on any atom is 0.0973 e. The van der Waals surface area contributed by atoms with Gasteiger partial charge < -0.3 is 9.80 Å². The average molecular weight is 931 g/mol. The van der Waals surface area contributed by atoms with Crippen molar-refractivity contribution in [2.75, 3.05) is 9.80 Å². The second-order valence-electron chi connectivity index (χ2n) is 18.8. The molecule has 14 rings (SSSR count). The summed E-state index contributed by atoms with van der Waals surface area (Å²) < 4.78 is 0. The molecule has 0 N–H and O–H groups in total. The highest BCUT2D eigenvalue weighted by atomic mass is 15.2. The van der Waals surface area contributed by atoms with Gasteiger partial charge in [-0.05, 0) is 135 Å². The molecule has 12 aromatic rings. The number of benzene rings is 11. The first-order valence-corrected chi connectivity index (χ1v) is 25.0. The molecule has 342 valence electrons. The summed E-state index contributed by atoms with van der Waals surface area (Å²) in [6, 6.07) is 100. The predicted octanol–water partition coefficient (Wildman–Crippen LogP) is 17.9. The second-order valence-corrected chi connectivity index (χ2v) is 18.8. The van der Waals surface area contributed by atoms with Crippen LogP contribution in [0, 0.1) is 0 Å². The third-order valence-electron chi connectivity index (χ3n) is 14.9. The molecule has 0 amide bonds. The number of para-hydroxylation sites is 4. The standard InChI is InChI=1S/C69H46N4/c1-5-20-47(21-6-1)67-66(48-36-39-53(40-37-48)73(52-26-11-4-12-27-52)55-43-41-54(42-44-55)72(50-22-7-2-8-23-50)51-24-9-3-10-25-51)70-65-35-19-31-56(68(65)71-67)49-38-45-64-60(46-49)59-30-15-18-34-63(59)69(64)61-32-16-13-28-57(61)58-29-14-17-33-62(58)69/h1-46H. The van der Waals surface area contributed by atoms with Crippen molar-refractivity contribution in [1.82, 2.24) is 9.97 Å². The molecule has 1 spiro atoms. The van der Waals surface area contributed by atoms with Crippen LogP contribution in [-0.4, -0.2) is 9.97 Å². The minimum atomic E-state index is -0.392. The van der Waals surface area contributed by atoms with Gasteiger partial charge >= 0.3 is 0 Å². The van der Waals surface area contributed by atoms with E-state index < -0.39 is 5.41 Å². The molecule has 4 nitrogen and oxygen atoms in total. The number of rotatable bonds is 9. The molecule has 1 heterocycles. The largest absolute Gasteiger partial charge is 0.311 e. The van der Waals surface area contributed by atoms with Crippen LogP contribution < -0.4 is 9.80 Å². The van der Waals surface area contributed by atoms with Gasteiger partial charge in [0.15, 0.2) is 0 Å². The first kappa shape index (κ1) is 42.3. The van der Waals surface area contributed by atoms with Crippen molar-refractivity contribution >= 4 is 45.2 Å². The Labute approximate surface area is 425 Å². The Morgan fingerprint density at radius 1 is 0.247 bits per heavy atom. The fourth-order valence-corrected chi connectivity index (χ4v) is 11.7. The number of hydrogen-bond acceptors (Lipinski definition) is 4. The van der Waals surface area contributed by atoms with Gasteiger partial charge in [-0.25, -0.2) is 9.97 Å². The molecule has 0 fully saturated rings. The molecule has 1 aromatic heterocycles. The van der Waals surface area contributed by atoms with Crippen LogP contribution in [0.25, 0.3) is 66.9 Å². The Morgan fingerprint density at radius 2 is 0.603 bits per heavy atom. The molecular formula is C69H46N4. The lowest BCUT2D eigenvalue weighted by Crippen LogP contribution is -2.25. The van der Waals surface area contributed by atoms with Crippen molar-refractivity contribution in [2.24, 2.45) is 0 Å². The number of fused-ring (bicyclic) bond motifs is 11. The molecule has 0 radical (unpaired) electrons. The Morgan fingerprint density at radius 3 is 1.11 bits per heavy atom. The summed E-state index contributed by atoms with van der Waals surface area (Å²) in [5, 5.41) is 0. The maximum atomic E-state index is 5.61. The molecule has 2 aliphatic rings. The molecule has 0 saturated carbocycles. The van der Waals surface area contributed by atoms with Gasteiger partial charge in [0, 0.05) is 50.8 Å².